The molecule has 1 saturated heterocycles. The summed E-state index contributed by atoms with van der Waals surface area (Å²) in [5.74, 6) is 0. The zero-order valence-corrected chi connectivity index (χ0v) is 10.6. The molecule has 0 spiro atoms. The molecule has 2 aromatic rings. The molecule has 1 heterocycles. The topological polar surface area (TPSA) is 12.0 Å². The zero-order chi connectivity index (χ0) is 12.3. The Bertz CT molecular complexity index is 442. The Morgan fingerprint density at radius 1 is 0.778 bits per heavy atom. The first-order valence-electron chi connectivity index (χ1n) is 6.74. The van der Waals surface area contributed by atoms with Crippen LogP contribution in [-0.2, 0) is 5.41 Å². The fourth-order valence-electron chi connectivity index (χ4n) is 3.08. The van der Waals surface area contributed by atoms with E-state index in [0.29, 0.717) is 0 Å². The molecular weight excluding hydrogens is 218 g/mol. The second-order valence-corrected chi connectivity index (χ2v) is 5.09. The number of rotatable bonds is 2. The molecule has 2 aromatic carbocycles. The molecule has 18 heavy (non-hydrogen) atoms. The predicted molar refractivity (Wildman–Crippen MR) is 75.8 cm³/mol. The van der Waals surface area contributed by atoms with Crippen LogP contribution in [0.15, 0.2) is 60.7 Å². The van der Waals surface area contributed by atoms with E-state index in [9.17, 15) is 0 Å². The number of hydrogen-bond donors (Lipinski definition) is 1. The van der Waals surface area contributed by atoms with Gasteiger partial charge in [0.1, 0.15) is 0 Å². The van der Waals surface area contributed by atoms with Gasteiger partial charge >= 0.3 is 0 Å². The summed E-state index contributed by atoms with van der Waals surface area (Å²) in [4.78, 5) is 0. The maximum atomic E-state index is 3.57. The fourth-order valence-corrected chi connectivity index (χ4v) is 3.08. The van der Waals surface area contributed by atoms with Crippen LogP contribution >= 0.6 is 0 Å². The molecule has 1 fully saturated rings. The van der Waals surface area contributed by atoms with Crippen molar-refractivity contribution in [2.75, 3.05) is 13.1 Å². The average molecular weight is 237 g/mol. The van der Waals surface area contributed by atoms with Crippen LogP contribution in [0.25, 0.3) is 0 Å². The van der Waals surface area contributed by atoms with Crippen molar-refractivity contribution in [2.24, 2.45) is 0 Å². The highest BCUT2D eigenvalue weighted by Crippen LogP contribution is 2.37. The minimum atomic E-state index is 0.154. The van der Waals surface area contributed by atoms with Gasteiger partial charge in [0.2, 0.25) is 0 Å². The van der Waals surface area contributed by atoms with Gasteiger partial charge in [0.25, 0.3) is 0 Å². The number of hydrogen-bond acceptors (Lipinski definition) is 1. The monoisotopic (exact) mass is 237 g/mol. The molecule has 0 aromatic heterocycles. The third-order valence-corrected chi connectivity index (χ3v) is 4.04. The summed E-state index contributed by atoms with van der Waals surface area (Å²) in [6.45, 7) is 2.18. The minimum absolute atomic E-state index is 0.154. The lowest BCUT2D eigenvalue weighted by molar-refractivity contribution is 0.366. The molecule has 1 aliphatic rings. The molecule has 0 radical (unpaired) electrons. The van der Waals surface area contributed by atoms with Gasteiger partial charge in [0.15, 0.2) is 0 Å². The Kier molecular flexibility index (Phi) is 3.16. The van der Waals surface area contributed by atoms with Crippen molar-refractivity contribution in [2.45, 2.75) is 18.3 Å². The van der Waals surface area contributed by atoms with Gasteiger partial charge in [-0.05, 0) is 30.5 Å². The van der Waals surface area contributed by atoms with Crippen molar-refractivity contribution in [3.8, 4) is 0 Å². The van der Waals surface area contributed by atoms with E-state index in [1.807, 2.05) is 0 Å². The van der Waals surface area contributed by atoms with E-state index in [1.54, 1.807) is 0 Å². The summed E-state index contributed by atoms with van der Waals surface area (Å²) in [5.41, 5.74) is 3.02. The van der Waals surface area contributed by atoms with Gasteiger partial charge in [-0.15, -0.1) is 0 Å². The van der Waals surface area contributed by atoms with Gasteiger partial charge in [-0.1, -0.05) is 60.7 Å². The smallest absolute Gasteiger partial charge is 0.0327 e. The molecule has 0 bridgehead atoms. The lowest BCUT2D eigenvalue weighted by Gasteiger charge is -2.39. The Balaban J connectivity index is 2.10. The maximum absolute atomic E-state index is 3.57. The molecule has 0 aliphatic carbocycles. The molecule has 92 valence electrons. The number of piperidine rings is 1. The van der Waals surface area contributed by atoms with E-state index in [1.165, 1.54) is 24.0 Å². The lowest BCUT2D eigenvalue weighted by atomic mass is 9.70. The third kappa shape index (κ3) is 1.95. The Morgan fingerprint density at radius 3 is 1.78 bits per heavy atom. The summed E-state index contributed by atoms with van der Waals surface area (Å²) in [6, 6.07) is 21.8. The standard InChI is InChI=1S/C17H19N/c1-3-8-15(9-4-1)17(12-7-13-18-14-17)16-10-5-2-6-11-16/h1-6,8-11,18H,7,12-14H2. The highest BCUT2D eigenvalue weighted by molar-refractivity contribution is 5.40. The van der Waals surface area contributed by atoms with Crippen molar-refractivity contribution in [3.05, 3.63) is 71.8 Å². The zero-order valence-electron chi connectivity index (χ0n) is 10.6. The summed E-state index contributed by atoms with van der Waals surface area (Å²) in [7, 11) is 0. The third-order valence-electron chi connectivity index (χ3n) is 4.04. The predicted octanol–water partition coefficient (Wildman–Crippen LogP) is 3.36. The minimum Gasteiger partial charge on any atom is -0.316 e. The fraction of sp³-hybridized carbons (Fsp3) is 0.294. The summed E-state index contributed by atoms with van der Waals surface area (Å²) in [5, 5.41) is 3.57. The van der Waals surface area contributed by atoms with E-state index >= 15 is 0 Å². The van der Waals surface area contributed by atoms with Crippen LogP contribution < -0.4 is 5.32 Å². The molecule has 1 aliphatic heterocycles. The highest BCUT2D eigenvalue weighted by atomic mass is 14.9. The van der Waals surface area contributed by atoms with Gasteiger partial charge in [-0.2, -0.15) is 0 Å². The number of nitrogens with one attached hydrogen (secondary N) is 1. The quantitative estimate of drug-likeness (QED) is 0.844. The second-order valence-electron chi connectivity index (χ2n) is 5.09. The molecule has 1 nitrogen and oxygen atoms in total. The van der Waals surface area contributed by atoms with E-state index in [4.69, 9.17) is 0 Å². The van der Waals surface area contributed by atoms with E-state index in [2.05, 4.69) is 66.0 Å². The van der Waals surface area contributed by atoms with Gasteiger partial charge in [-0.3, -0.25) is 0 Å². The molecule has 0 saturated carbocycles. The molecule has 3 rings (SSSR count). The largest absolute Gasteiger partial charge is 0.316 e. The van der Waals surface area contributed by atoms with Crippen LogP contribution in [0.1, 0.15) is 24.0 Å². The van der Waals surface area contributed by atoms with Crippen LogP contribution in [0.4, 0.5) is 0 Å². The summed E-state index contributed by atoms with van der Waals surface area (Å²) >= 11 is 0. The number of benzene rings is 2. The van der Waals surface area contributed by atoms with Gasteiger partial charge in [0, 0.05) is 12.0 Å². The van der Waals surface area contributed by atoms with Crippen molar-refractivity contribution in [1.29, 1.82) is 0 Å². The van der Waals surface area contributed by atoms with Crippen molar-refractivity contribution in [3.63, 3.8) is 0 Å². The van der Waals surface area contributed by atoms with Gasteiger partial charge in [-0.25, -0.2) is 0 Å². The Labute approximate surface area is 109 Å². The van der Waals surface area contributed by atoms with Crippen LogP contribution in [0.2, 0.25) is 0 Å². The highest BCUT2D eigenvalue weighted by Gasteiger charge is 2.35. The van der Waals surface area contributed by atoms with E-state index in [0.717, 1.165) is 13.1 Å². The Hall–Kier alpha value is -1.60. The van der Waals surface area contributed by atoms with Crippen molar-refractivity contribution >= 4 is 0 Å². The van der Waals surface area contributed by atoms with Crippen molar-refractivity contribution in [1.82, 2.24) is 5.32 Å². The second kappa shape index (κ2) is 4.95. The van der Waals surface area contributed by atoms with Crippen molar-refractivity contribution < 1.29 is 0 Å². The Morgan fingerprint density at radius 2 is 1.33 bits per heavy atom. The first-order chi connectivity index (χ1) is 8.92. The SMILES string of the molecule is c1ccc(C2(c3ccccc3)CCCNC2)cc1. The first-order valence-corrected chi connectivity index (χ1v) is 6.74. The normalized spacial score (nSPS) is 18.4. The van der Waals surface area contributed by atoms with E-state index < -0.39 is 0 Å². The molecule has 0 atom stereocenters. The van der Waals surface area contributed by atoms with Crippen LogP contribution in [0.3, 0.4) is 0 Å². The van der Waals surface area contributed by atoms with E-state index in [-0.39, 0.29) is 5.41 Å². The lowest BCUT2D eigenvalue weighted by Crippen LogP contribution is -2.44. The first kappa shape index (κ1) is 11.5. The summed E-state index contributed by atoms with van der Waals surface area (Å²) < 4.78 is 0. The molecule has 1 heteroatoms. The average Bonchev–Trinajstić information content (AvgIpc) is 2.50. The molecular formula is C17H19N. The van der Waals surface area contributed by atoms with Gasteiger partial charge < -0.3 is 5.32 Å². The molecule has 0 unspecified atom stereocenters. The van der Waals surface area contributed by atoms with Gasteiger partial charge in [0.05, 0.1) is 0 Å². The molecule has 1 N–H and O–H groups in total. The van der Waals surface area contributed by atoms with Crippen LogP contribution in [-0.4, -0.2) is 13.1 Å². The summed E-state index contributed by atoms with van der Waals surface area (Å²) in [6.07, 6.45) is 2.47. The molecule has 0 amide bonds. The van der Waals surface area contributed by atoms with Crippen LogP contribution in [0.5, 0.6) is 0 Å². The van der Waals surface area contributed by atoms with Crippen LogP contribution in [0, 0.1) is 0 Å². The maximum Gasteiger partial charge on any atom is 0.0327 e.